The minimum atomic E-state index is -0.494. The highest BCUT2D eigenvalue weighted by Crippen LogP contribution is 2.63. The van der Waals surface area contributed by atoms with E-state index >= 15 is 0 Å². The molecule has 1 spiro atoms. The quantitative estimate of drug-likeness (QED) is 0.127. The summed E-state index contributed by atoms with van der Waals surface area (Å²) in [5, 5.41) is 3.69. The van der Waals surface area contributed by atoms with Gasteiger partial charge in [0, 0.05) is 11.7 Å². The molecule has 4 nitrogen and oxygen atoms in total. The van der Waals surface area contributed by atoms with Crippen LogP contribution < -0.4 is 21.7 Å². The maximum atomic E-state index is 7.35. The summed E-state index contributed by atoms with van der Waals surface area (Å²) in [5.74, 6) is 0. The molecule has 0 fully saturated rings. The minimum Gasteiger partial charge on any atom is -0.322 e. The predicted molar refractivity (Wildman–Crippen MR) is 255 cm³/mol. The molecule has 4 heteroatoms. The average Bonchev–Trinajstić information content (AvgIpc) is 3.64. The van der Waals surface area contributed by atoms with E-state index in [4.69, 9.17) is 11.5 Å². The van der Waals surface area contributed by atoms with Crippen molar-refractivity contribution in [1.82, 2.24) is 5.32 Å². The molecule has 62 heavy (non-hydrogen) atoms. The maximum absolute atomic E-state index is 7.35. The van der Waals surface area contributed by atoms with Gasteiger partial charge >= 0.3 is 0 Å². The molecule has 9 aromatic rings. The van der Waals surface area contributed by atoms with Crippen molar-refractivity contribution in [2.45, 2.75) is 23.7 Å². The molecule has 0 saturated carbocycles. The number of fused-ring (bicyclic) bond motifs is 9. The van der Waals surface area contributed by atoms with Crippen LogP contribution >= 0.6 is 0 Å². The van der Waals surface area contributed by atoms with E-state index in [1.807, 2.05) is 24.3 Å². The summed E-state index contributed by atoms with van der Waals surface area (Å²) in [4.78, 5) is 2.43. The van der Waals surface area contributed by atoms with Crippen molar-refractivity contribution in [2.24, 2.45) is 11.5 Å². The third-order valence-corrected chi connectivity index (χ3v) is 13.0. The first-order valence-electron chi connectivity index (χ1n) is 21.5. The van der Waals surface area contributed by atoms with Crippen LogP contribution in [0.3, 0.4) is 0 Å². The van der Waals surface area contributed by atoms with Crippen molar-refractivity contribution in [3.63, 3.8) is 0 Å². The highest BCUT2D eigenvalue weighted by molar-refractivity contribution is 5.96. The molecule has 0 amide bonds. The van der Waals surface area contributed by atoms with Crippen molar-refractivity contribution in [3.05, 3.63) is 269 Å². The van der Waals surface area contributed by atoms with Crippen LogP contribution in [0, 0.1) is 0 Å². The Bertz CT molecular complexity index is 3000. The molecule has 3 atom stereocenters. The van der Waals surface area contributed by atoms with Gasteiger partial charge in [-0.3, -0.25) is 5.32 Å². The van der Waals surface area contributed by atoms with Crippen molar-refractivity contribution < 1.29 is 0 Å². The number of hydrogen-bond acceptors (Lipinski definition) is 4. The number of anilines is 3. The molecule has 9 aromatic carbocycles. The highest BCUT2D eigenvalue weighted by atomic mass is 15.2. The number of benzene rings is 9. The van der Waals surface area contributed by atoms with Gasteiger partial charge in [-0.2, -0.15) is 0 Å². The molecule has 2 aliphatic rings. The fraction of sp³-hybridized carbons (Fsp3) is 0.0690. The number of nitrogens with zero attached hydrogens (tertiary/aromatic N) is 1. The van der Waals surface area contributed by atoms with Crippen LogP contribution in [0.15, 0.2) is 231 Å². The number of rotatable bonds is 9. The monoisotopic (exact) mass is 798 g/mol. The third-order valence-electron chi connectivity index (χ3n) is 13.0. The van der Waals surface area contributed by atoms with E-state index < -0.39 is 17.6 Å². The zero-order chi connectivity index (χ0) is 41.6. The smallest absolute Gasteiger partial charge is 0.0815 e. The van der Waals surface area contributed by atoms with Crippen molar-refractivity contribution in [3.8, 4) is 33.4 Å². The van der Waals surface area contributed by atoms with Crippen LogP contribution in [-0.2, 0) is 5.41 Å². The van der Waals surface area contributed by atoms with Gasteiger partial charge in [0.25, 0.3) is 0 Å². The Balaban J connectivity index is 1.01. The van der Waals surface area contributed by atoms with Gasteiger partial charge in [0.2, 0.25) is 0 Å². The topological polar surface area (TPSA) is 67.3 Å². The van der Waals surface area contributed by atoms with E-state index in [9.17, 15) is 0 Å². The number of para-hydroxylation sites is 3. The SMILES string of the molecule is NC(NC(c1ccccc1)[C@@H](N)c1ccccc1-c1cccc(-c2ccc3c(c2)-c2ccccc2C32c3ccccc3N(c3ccccc3)c3ccccc32)c1)c1ccccc1. The molecule has 2 unspecified atom stereocenters. The summed E-state index contributed by atoms with van der Waals surface area (Å²) in [6.07, 6.45) is -0.398. The first kappa shape index (κ1) is 37.6. The maximum Gasteiger partial charge on any atom is 0.0815 e. The zero-order valence-corrected chi connectivity index (χ0v) is 34.3. The van der Waals surface area contributed by atoms with E-state index in [1.54, 1.807) is 0 Å². The molecule has 0 radical (unpaired) electrons. The Labute approximate surface area is 363 Å². The van der Waals surface area contributed by atoms with E-state index in [-0.39, 0.29) is 6.04 Å². The molecular formula is C58H46N4. The van der Waals surface area contributed by atoms with Gasteiger partial charge in [-0.05, 0) is 109 Å². The van der Waals surface area contributed by atoms with Gasteiger partial charge in [-0.15, -0.1) is 0 Å². The van der Waals surface area contributed by atoms with E-state index in [2.05, 4.69) is 216 Å². The second-order valence-corrected chi connectivity index (χ2v) is 16.4. The summed E-state index contributed by atoms with van der Waals surface area (Å²) in [7, 11) is 0. The van der Waals surface area contributed by atoms with Gasteiger partial charge < -0.3 is 16.4 Å². The van der Waals surface area contributed by atoms with Gasteiger partial charge in [0.1, 0.15) is 0 Å². The Morgan fingerprint density at radius 2 is 0.903 bits per heavy atom. The lowest BCUT2D eigenvalue weighted by Crippen LogP contribution is -2.38. The first-order valence-corrected chi connectivity index (χ1v) is 21.5. The Morgan fingerprint density at radius 3 is 1.60 bits per heavy atom. The summed E-state index contributed by atoms with van der Waals surface area (Å²) >= 11 is 0. The molecule has 0 aromatic heterocycles. The van der Waals surface area contributed by atoms with Crippen LogP contribution in [0.1, 0.15) is 57.2 Å². The average molecular weight is 799 g/mol. The molecule has 1 aliphatic carbocycles. The van der Waals surface area contributed by atoms with Crippen LogP contribution in [0.5, 0.6) is 0 Å². The van der Waals surface area contributed by atoms with Gasteiger partial charge in [-0.1, -0.05) is 194 Å². The molecular weight excluding hydrogens is 753 g/mol. The molecule has 0 saturated heterocycles. The number of nitrogens with two attached hydrogens (primary N) is 2. The van der Waals surface area contributed by atoms with Gasteiger partial charge in [0.15, 0.2) is 0 Å². The summed E-state index contributed by atoms with van der Waals surface area (Å²) in [5.41, 5.74) is 32.6. The third kappa shape index (κ3) is 6.11. The Morgan fingerprint density at radius 1 is 0.387 bits per heavy atom. The molecule has 5 N–H and O–H groups in total. The van der Waals surface area contributed by atoms with Crippen LogP contribution in [0.25, 0.3) is 33.4 Å². The van der Waals surface area contributed by atoms with Crippen LogP contribution in [0.4, 0.5) is 17.1 Å². The second-order valence-electron chi connectivity index (χ2n) is 16.4. The molecule has 11 rings (SSSR count). The van der Waals surface area contributed by atoms with Gasteiger partial charge in [0.05, 0.1) is 29.0 Å². The number of hydrogen-bond donors (Lipinski definition) is 3. The zero-order valence-electron chi connectivity index (χ0n) is 34.3. The van der Waals surface area contributed by atoms with E-state index in [1.165, 1.54) is 50.3 Å². The highest BCUT2D eigenvalue weighted by Gasteiger charge is 2.51. The standard InChI is InChI=1S/C58H46N4/c59-55(56(39-19-4-1-5-20-39)61-57(60)40-21-6-2-7-22-40)47-29-11-10-27-45(47)43-24-18-23-41(37-43)42-35-36-50-48(38-42)46-28-12-13-30-49(46)58(50)51-31-14-16-33-53(51)62(44-25-8-3-9-26-44)54-34-17-15-32-52(54)58/h1-38,55-57,61H,59-60H2/t55-,56?,57?/m0/s1. The molecule has 1 heterocycles. The van der Waals surface area contributed by atoms with E-state index in [0.717, 1.165) is 39.1 Å². The second kappa shape index (κ2) is 15.6. The van der Waals surface area contributed by atoms with E-state index in [0.29, 0.717) is 0 Å². The van der Waals surface area contributed by atoms with Crippen LogP contribution in [0.2, 0.25) is 0 Å². The minimum absolute atomic E-state index is 0.241. The molecule has 1 aliphatic heterocycles. The number of nitrogens with one attached hydrogen (secondary N) is 1. The van der Waals surface area contributed by atoms with Crippen LogP contribution in [-0.4, -0.2) is 0 Å². The predicted octanol–water partition coefficient (Wildman–Crippen LogP) is 13.2. The lowest BCUT2D eigenvalue weighted by atomic mass is 9.64. The fourth-order valence-electron chi connectivity index (χ4n) is 10.3. The fourth-order valence-corrected chi connectivity index (χ4v) is 10.3. The summed E-state index contributed by atoms with van der Waals surface area (Å²) in [6.45, 7) is 0. The molecule has 0 bridgehead atoms. The van der Waals surface area contributed by atoms with Gasteiger partial charge in [-0.25, -0.2) is 0 Å². The lowest BCUT2D eigenvalue weighted by molar-refractivity contribution is 0.398. The normalized spacial score (nSPS) is 14.6. The summed E-state index contributed by atoms with van der Waals surface area (Å²) < 4.78 is 0. The van der Waals surface area contributed by atoms with Crippen molar-refractivity contribution in [2.75, 3.05) is 4.90 Å². The van der Waals surface area contributed by atoms with Crippen molar-refractivity contribution >= 4 is 17.1 Å². The summed E-state index contributed by atoms with van der Waals surface area (Å²) in [6, 6.07) is 82.1. The molecule has 298 valence electrons. The largest absolute Gasteiger partial charge is 0.322 e. The lowest BCUT2D eigenvalue weighted by Gasteiger charge is -2.45. The Kier molecular flexibility index (Phi) is 9.47. The Hall–Kier alpha value is -7.34. The van der Waals surface area contributed by atoms with Crippen molar-refractivity contribution in [1.29, 1.82) is 0 Å². The first-order chi connectivity index (χ1) is 30.6.